The number of pyridine rings is 1. The lowest BCUT2D eigenvalue weighted by Gasteiger charge is -2.08. The highest BCUT2D eigenvalue weighted by atomic mass is 32.2. The molecule has 1 heterocycles. The average Bonchev–Trinajstić information content (AvgIpc) is 2.38. The van der Waals surface area contributed by atoms with E-state index in [-0.39, 0.29) is 10.7 Å². The molecule has 2 aromatic rings. The maximum atomic E-state index is 12.1. The van der Waals surface area contributed by atoms with Gasteiger partial charge in [0.05, 0.1) is 17.6 Å². The van der Waals surface area contributed by atoms with Crippen molar-refractivity contribution in [3.8, 4) is 0 Å². The van der Waals surface area contributed by atoms with Gasteiger partial charge in [-0.1, -0.05) is 36.5 Å². The van der Waals surface area contributed by atoms with Crippen LogP contribution < -0.4 is 10.5 Å². The summed E-state index contributed by atoms with van der Waals surface area (Å²) in [5, 5.41) is 0. The molecule has 1 aromatic heterocycles. The van der Waals surface area contributed by atoms with Crippen LogP contribution in [0.15, 0.2) is 42.7 Å². The lowest BCUT2D eigenvalue weighted by Crippen LogP contribution is -2.15. The highest BCUT2D eigenvalue weighted by Gasteiger charge is 2.12. The minimum atomic E-state index is -3.49. The Hall–Kier alpha value is -1.99. The molecule has 110 valence electrons. The van der Waals surface area contributed by atoms with Crippen LogP contribution in [0.4, 0.5) is 5.69 Å². The summed E-state index contributed by atoms with van der Waals surface area (Å²) in [6.45, 7) is 1.85. The second-order valence-electron chi connectivity index (χ2n) is 4.67. The number of hydrogen-bond acceptors (Lipinski definition) is 4. The number of aromatic nitrogens is 1. The first kappa shape index (κ1) is 15.4. The van der Waals surface area contributed by atoms with Crippen molar-refractivity contribution in [1.82, 2.24) is 4.98 Å². The average molecular weight is 321 g/mol. The fourth-order valence-corrected chi connectivity index (χ4v) is 3.12. The molecular weight excluding hydrogens is 306 g/mol. The standard InChI is InChI=1S/C14H15N3O2S2/c1-10-6-13(8-16-7-10)17-21(18,19)9-11-2-4-12(5-3-11)14(15)20/h2-8,17H,9H2,1H3,(H2,15,20). The van der Waals surface area contributed by atoms with Gasteiger partial charge in [-0.3, -0.25) is 9.71 Å². The third-order valence-corrected chi connectivity index (χ3v) is 4.24. The molecule has 0 saturated heterocycles. The van der Waals surface area contributed by atoms with E-state index in [9.17, 15) is 8.42 Å². The molecule has 0 saturated carbocycles. The maximum absolute atomic E-state index is 12.1. The van der Waals surface area contributed by atoms with Crippen molar-refractivity contribution in [3.05, 3.63) is 59.4 Å². The molecular formula is C14H15N3O2S2. The molecule has 0 atom stereocenters. The minimum absolute atomic E-state index is 0.126. The van der Waals surface area contributed by atoms with Crippen LogP contribution in [0.2, 0.25) is 0 Å². The van der Waals surface area contributed by atoms with E-state index < -0.39 is 10.0 Å². The predicted molar refractivity (Wildman–Crippen MR) is 87.5 cm³/mol. The molecule has 0 aliphatic rings. The van der Waals surface area contributed by atoms with E-state index in [1.165, 1.54) is 6.20 Å². The number of nitrogens with one attached hydrogen (secondary N) is 1. The van der Waals surface area contributed by atoms with Crippen molar-refractivity contribution in [1.29, 1.82) is 0 Å². The number of nitrogens with zero attached hydrogens (tertiary/aromatic N) is 1. The molecule has 0 fully saturated rings. The van der Waals surface area contributed by atoms with E-state index in [2.05, 4.69) is 9.71 Å². The van der Waals surface area contributed by atoms with Crippen LogP contribution >= 0.6 is 12.2 Å². The highest BCUT2D eigenvalue weighted by Crippen LogP contribution is 2.13. The first-order valence-corrected chi connectivity index (χ1v) is 8.23. The topological polar surface area (TPSA) is 85.1 Å². The largest absolute Gasteiger partial charge is 0.389 e. The van der Waals surface area contributed by atoms with Gasteiger partial charge in [-0.2, -0.15) is 0 Å². The summed E-state index contributed by atoms with van der Waals surface area (Å²) in [5.74, 6) is -0.126. The van der Waals surface area contributed by atoms with E-state index in [1.807, 2.05) is 6.92 Å². The summed E-state index contributed by atoms with van der Waals surface area (Å²) in [6, 6.07) is 8.54. The quantitative estimate of drug-likeness (QED) is 0.822. The number of aryl methyl sites for hydroxylation is 1. The Morgan fingerprint density at radius 1 is 1.29 bits per heavy atom. The third-order valence-electron chi connectivity index (χ3n) is 2.74. The number of nitrogens with two attached hydrogens (primary N) is 1. The lowest BCUT2D eigenvalue weighted by atomic mass is 10.1. The molecule has 7 heteroatoms. The van der Waals surface area contributed by atoms with Gasteiger partial charge in [0.25, 0.3) is 0 Å². The van der Waals surface area contributed by atoms with Crippen molar-refractivity contribution in [3.63, 3.8) is 0 Å². The molecule has 0 aliphatic heterocycles. The molecule has 0 spiro atoms. The Kier molecular flexibility index (Phi) is 4.54. The van der Waals surface area contributed by atoms with Crippen LogP contribution in [-0.4, -0.2) is 18.4 Å². The second kappa shape index (κ2) is 6.19. The zero-order chi connectivity index (χ0) is 15.5. The first-order chi connectivity index (χ1) is 9.85. The van der Waals surface area contributed by atoms with Crippen molar-refractivity contribution in [2.45, 2.75) is 12.7 Å². The predicted octanol–water partition coefficient (Wildman–Crippen LogP) is 1.97. The summed E-state index contributed by atoms with van der Waals surface area (Å²) in [6.07, 6.45) is 3.13. The molecule has 1 aromatic carbocycles. The van der Waals surface area contributed by atoms with Gasteiger partial charge < -0.3 is 5.73 Å². The maximum Gasteiger partial charge on any atom is 0.236 e. The van der Waals surface area contributed by atoms with E-state index in [0.29, 0.717) is 16.8 Å². The van der Waals surface area contributed by atoms with Gasteiger partial charge in [-0.15, -0.1) is 0 Å². The van der Waals surface area contributed by atoms with Crippen LogP contribution in [0, 0.1) is 6.92 Å². The summed E-state index contributed by atoms with van der Waals surface area (Å²) in [5.41, 5.74) is 8.21. The van der Waals surface area contributed by atoms with Crippen LogP contribution in [0.5, 0.6) is 0 Å². The summed E-state index contributed by atoms with van der Waals surface area (Å²) < 4.78 is 26.7. The van der Waals surface area contributed by atoms with Crippen LogP contribution in [-0.2, 0) is 15.8 Å². The van der Waals surface area contributed by atoms with Gasteiger partial charge >= 0.3 is 0 Å². The molecule has 0 amide bonds. The number of sulfonamides is 1. The number of hydrogen-bond donors (Lipinski definition) is 2. The van der Waals surface area contributed by atoms with E-state index in [1.54, 1.807) is 36.5 Å². The summed E-state index contributed by atoms with van der Waals surface area (Å²) in [4.78, 5) is 4.24. The van der Waals surface area contributed by atoms with Gasteiger partial charge in [0.1, 0.15) is 4.99 Å². The van der Waals surface area contributed by atoms with E-state index >= 15 is 0 Å². The number of thiocarbonyl (C=S) groups is 1. The zero-order valence-electron chi connectivity index (χ0n) is 11.4. The molecule has 0 unspecified atom stereocenters. The van der Waals surface area contributed by atoms with Crippen molar-refractivity contribution in [2.75, 3.05) is 4.72 Å². The Morgan fingerprint density at radius 3 is 2.52 bits per heavy atom. The number of rotatable bonds is 5. The third kappa shape index (κ3) is 4.51. The fourth-order valence-electron chi connectivity index (χ4n) is 1.81. The normalized spacial score (nSPS) is 11.1. The van der Waals surface area contributed by atoms with Crippen LogP contribution in [0.25, 0.3) is 0 Å². The molecule has 21 heavy (non-hydrogen) atoms. The highest BCUT2D eigenvalue weighted by molar-refractivity contribution is 7.91. The van der Waals surface area contributed by atoms with Crippen LogP contribution in [0.3, 0.4) is 0 Å². The Morgan fingerprint density at radius 2 is 1.95 bits per heavy atom. The molecule has 3 N–H and O–H groups in total. The molecule has 0 bridgehead atoms. The zero-order valence-corrected chi connectivity index (χ0v) is 13.0. The fraction of sp³-hybridized carbons (Fsp3) is 0.143. The Bertz CT molecular complexity index is 756. The lowest BCUT2D eigenvalue weighted by molar-refractivity contribution is 0.600. The van der Waals surface area contributed by atoms with Crippen molar-refractivity contribution >= 4 is 32.9 Å². The van der Waals surface area contributed by atoms with Gasteiger partial charge in [-0.25, -0.2) is 8.42 Å². The first-order valence-electron chi connectivity index (χ1n) is 6.16. The van der Waals surface area contributed by atoms with Crippen molar-refractivity contribution < 1.29 is 8.42 Å². The van der Waals surface area contributed by atoms with Crippen molar-refractivity contribution in [2.24, 2.45) is 5.73 Å². The monoisotopic (exact) mass is 321 g/mol. The Balaban J connectivity index is 2.12. The summed E-state index contributed by atoms with van der Waals surface area (Å²) >= 11 is 4.85. The summed E-state index contributed by atoms with van der Waals surface area (Å²) in [7, 11) is -3.49. The van der Waals surface area contributed by atoms with Gasteiger partial charge in [-0.05, 0) is 24.1 Å². The van der Waals surface area contributed by atoms with Gasteiger partial charge in [0.15, 0.2) is 0 Å². The van der Waals surface area contributed by atoms with Crippen LogP contribution in [0.1, 0.15) is 16.7 Å². The molecule has 5 nitrogen and oxygen atoms in total. The Labute approximate surface area is 129 Å². The number of benzene rings is 1. The van der Waals surface area contributed by atoms with Gasteiger partial charge in [0, 0.05) is 11.8 Å². The minimum Gasteiger partial charge on any atom is -0.389 e. The van der Waals surface area contributed by atoms with Gasteiger partial charge in [0.2, 0.25) is 10.0 Å². The number of anilines is 1. The molecule has 2 rings (SSSR count). The molecule has 0 aliphatic carbocycles. The second-order valence-corrected chi connectivity index (χ2v) is 6.84. The van der Waals surface area contributed by atoms with E-state index in [0.717, 1.165) is 5.56 Å². The SMILES string of the molecule is Cc1cncc(NS(=O)(=O)Cc2ccc(C(N)=S)cc2)c1. The molecule has 0 radical (unpaired) electrons. The van der Waals surface area contributed by atoms with E-state index in [4.69, 9.17) is 18.0 Å². The smallest absolute Gasteiger partial charge is 0.236 e.